The van der Waals surface area contributed by atoms with Gasteiger partial charge in [-0.3, -0.25) is 10.1 Å². The first-order chi connectivity index (χ1) is 16.1. The lowest BCUT2D eigenvalue weighted by atomic mass is 9.96. The van der Waals surface area contributed by atoms with Crippen molar-refractivity contribution in [3.63, 3.8) is 0 Å². The van der Waals surface area contributed by atoms with Crippen LogP contribution in [0.2, 0.25) is 0 Å². The van der Waals surface area contributed by atoms with E-state index in [-0.39, 0.29) is 5.91 Å². The van der Waals surface area contributed by atoms with Crippen molar-refractivity contribution in [3.05, 3.63) is 82.7 Å². The van der Waals surface area contributed by atoms with Crippen LogP contribution < -0.4 is 5.32 Å². The fraction of sp³-hybridized carbons (Fsp3) is 0.250. The third-order valence-electron chi connectivity index (χ3n) is 5.77. The summed E-state index contributed by atoms with van der Waals surface area (Å²) < 4.78 is 17.4. The molecule has 1 aliphatic rings. The van der Waals surface area contributed by atoms with E-state index in [1.165, 1.54) is 42.1 Å². The van der Waals surface area contributed by atoms with E-state index in [1.807, 2.05) is 23.9 Å². The molecule has 1 amide bonds. The van der Waals surface area contributed by atoms with Gasteiger partial charge in [0.1, 0.15) is 5.69 Å². The minimum absolute atomic E-state index is 0.267. The Morgan fingerprint density at radius 2 is 2.24 bits per heavy atom. The van der Waals surface area contributed by atoms with Crippen LogP contribution in [0.15, 0.2) is 48.4 Å². The maximum Gasteiger partial charge on any atom is 0.274 e. The molecule has 1 unspecified atom stereocenters. The lowest BCUT2D eigenvalue weighted by Gasteiger charge is -2.21. The van der Waals surface area contributed by atoms with Crippen molar-refractivity contribution < 1.29 is 9.18 Å². The molecule has 1 N–H and O–H groups in total. The van der Waals surface area contributed by atoms with E-state index in [4.69, 9.17) is 0 Å². The zero-order valence-electron chi connectivity index (χ0n) is 18.1. The van der Waals surface area contributed by atoms with Crippen molar-refractivity contribution >= 4 is 34.5 Å². The van der Waals surface area contributed by atoms with E-state index < -0.39 is 5.95 Å². The number of rotatable bonds is 6. The predicted octanol–water partition coefficient (Wildman–Crippen LogP) is 5.04. The summed E-state index contributed by atoms with van der Waals surface area (Å²) in [5, 5.41) is 5.28. The van der Waals surface area contributed by atoms with Crippen LogP contribution in [0.4, 0.5) is 9.52 Å². The summed E-state index contributed by atoms with van der Waals surface area (Å²) in [6, 6.07) is 6.60. The van der Waals surface area contributed by atoms with Gasteiger partial charge in [0.05, 0.1) is 17.7 Å². The van der Waals surface area contributed by atoms with Crippen LogP contribution in [0.25, 0.3) is 12.2 Å². The number of aromatic nitrogens is 5. The van der Waals surface area contributed by atoms with Crippen LogP contribution in [0.5, 0.6) is 0 Å². The van der Waals surface area contributed by atoms with Gasteiger partial charge in [0.15, 0.2) is 5.13 Å². The quantitative estimate of drug-likeness (QED) is 0.407. The number of imidazole rings is 1. The first kappa shape index (κ1) is 21.3. The molecule has 0 saturated carbocycles. The Hall–Kier alpha value is -3.59. The molecule has 0 saturated heterocycles. The highest BCUT2D eigenvalue weighted by molar-refractivity contribution is 7.14. The molecule has 4 aromatic rings. The number of hydrogen-bond acceptors (Lipinski definition) is 5. The monoisotopic (exact) mass is 462 g/mol. The predicted molar refractivity (Wildman–Crippen MR) is 127 cm³/mol. The fourth-order valence-corrected chi connectivity index (χ4v) is 4.87. The summed E-state index contributed by atoms with van der Waals surface area (Å²) in [5.41, 5.74) is 4.22. The number of carbonyl (C=O) groups is 1. The first-order valence-electron chi connectivity index (χ1n) is 10.8. The van der Waals surface area contributed by atoms with Crippen LogP contribution in [0.3, 0.4) is 0 Å². The van der Waals surface area contributed by atoms with Crippen molar-refractivity contribution in [2.75, 3.05) is 5.32 Å². The average molecular weight is 463 g/mol. The summed E-state index contributed by atoms with van der Waals surface area (Å²) in [7, 11) is 0. The highest BCUT2D eigenvalue weighted by atomic mass is 32.1. The standard InChI is InChI=1S/C24H23FN6OS/c1-16-4-2-11-31-15-27-19(22(16)31)7-6-18-14-33-24(28-18)29-23(32)20-5-3-10-30(20)13-17-8-9-26-21(25)12-17/h3,5-10,12,14-16H,2,4,11,13H2,1H3,(H,28,29,32)/b7-6+. The van der Waals surface area contributed by atoms with Crippen LogP contribution in [0.1, 0.15) is 58.8 Å². The van der Waals surface area contributed by atoms with Crippen LogP contribution in [-0.4, -0.2) is 30.0 Å². The van der Waals surface area contributed by atoms with Crippen molar-refractivity contribution in [1.29, 1.82) is 0 Å². The zero-order chi connectivity index (χ0) is 22.8. The number of amides is 1. The van der Waals surface area contributed by atoms with Crippen molar-refractivity contribution in [3.8, 4) is 0 Å². The molecular formula is C24H23FN6OS. The summed E-state index contributed by atoms with van der Waals surface area (Å²) in [5.74, 6) is -0.318. The number of halogens is 1. The Bertz CT molecular complexity index is 1320. The van der Waals surface area contributed by atoms with Crippen LogP contribution in [0, 0.1) is 5.95 Å². The molecular weight excluding hydrogens is 439 g/mol. The van der Waals surface area contributed by atoms with Gasteiger partial charge >= 0.3 is 0 Å². The number of fused-ring (bicyclic) bond motifs is 1. The molecule has 1 atom stereocenters. The van der Waals surface area contributed by atoms with Crippen molar-refractivity contribution in [2.45, 2.75) is 38.8 Å². The molecule has 0 aliphatic carbocycles. The summed E-state index contributed by atoms with van der Waals surface area (Å²) in [4.78, 5) is 25.5. The minimum Gasteiger partial charge on any atom is -0.339 e. The molecule has 0 fully saturated rings. The Labute approximate surface area is 194 Å². The van der Waals surface area contributed by atoms with Gasteiger partial charge in [-0.05, 0) is 60.7 Å². The van der Waals surface area contributed by atoms with Gasteiger partial charge in [-0.1, -0.05) is 6.92 Å². The molecule has 4 aromatic heterocycles. The third kappa shape index (κ3) is 4.63. The first-order valence-corrected chi connectivity index (χ1v) is 11.7. The highest BCUT2D eigenvalue weighted by Crippen LogP contribution is 2.30. The van der Waals surface area contributed by atoms with Gasteiger partial charge in [0.25, 0.3) is 5.91 Å². The number of hydrogen-bond donors (Lipinski definition) is 1. The summed E-state index contributed by atoms with van der Waals surface area (Å²) in [6.07, 6.45) is 11.4. The van der Waals surface area contributed by atoms with Crippen molar-refractivity contribution in [2.24, 2.45) is 0 Å². The second kappa shape index (κ2) is 9.11. The second-order valence-corrected chi connectivity index (χ2v) is 8.98. The Kier molecular flexibility index (Phi) is 5.87. The molecule has 9 heteroatoms. The van der Waals surface area contributed by atoms with Crippen molar-refractivity contribution in [1.82, 2.24) is 24.1 Å². The Balaban J connectivity index is 1.26. The van der Waals surface area contributed by atoms with Gasteiger partial charge in [-0.25, -0.2) is 15.0 Å². The smallest absolute Gasteiger partial charge is 0.274 e. The summed E-state index contributed by atoms with van der Waals surface area (Å²) in [6.45, 7) is 3.63. The number of carbonyl (C=O) groups excluding carboxylic acids is 1. The molecule has 0 spiro atoms. The number of nitrogens with one attached hydrogen (secondary N) is 1. The van der Waals surface area contributed by atoms with E-state index in [1.54, 1.807) is 29.0 Å². The minimum atomic E-state index is -0.542. The SMILES string of the molecule is CC1CCCn2cnc(/C=C/c3csc(NC(=O)c4cccn4Cc4ccnc(F)c4)n3)c21. The van der Waals surface area contributed by atoms with Crippen LogP contribution in [-0.2, 0) is 13.1 Å². The molecule has 0 radical (unpaired) electrons. The number of pyridine rings is 1. The van der Waals surface area contributed by atoms with Gasteiger partial charge in [-0.2, -0.15) is 4.39 Å². The molecule has 5 rings (SSSR count). The van der Waals surface area contributed by atoms with E-state index in [0.717, 1.165) is 23.5 Å². The van der Waals surface area contributed by atoms with Gasteiger partial charge < -0.3 is 9.13 Å². The van der Waals surface area contributed by atoms with E-state index in [9.17, 15) is 9.18 Å². The van der Waals surface area contributed by atoms with E-state index in [0.29, 0.717) is 23.3 Å². The molecule has 0 bridgehead atoms. The molecule has 168 valence electrons. The largest absolute Gasteiger partial charge is 0.339 e. The van der Waals surface area contributed by atoms with E-state index in [2.05, 4.69) is 31.8 Å². The fourth-order valence-electron chi connectivity index (χ4n) is 4.20. The number of nitrogens with zero attached hydrogens (tertiary/aromatic N) is 5. The zero-order valence-corrected chi connectivity index (χ0v) is 18.9. The molecule has 1 aliphatic heterocycles. The lowest BCUT2D eigenvalue weighted by molar-refractivity contribution is 0.101. The average Bonchev–Trinajstić information content (AvgIpc) is 3.53. The Morgan fingerprint density at radius 3 is 3.12 bits per heavy atom. The maximum absolute atomic E-state index is 13.4. The normalized spacial score (nSPS) is 15.6. The highest BCUT2D eigenvalue weighted by Gasteiger charge is 2.20. The molecule has 33 heavy (non-hydrogen) atoms. The molecule has 0 aromatic carbocycles. The number of thiazole rings is 1. The lowest BCUT2D eigenvalue weighted by Crippen LogP contribution is -2.17. The number of aryl methyl sites for hydroxylation is 1. The number of anilines is 1. The topological polar surface area (TPSA) is 77.6 Å². The van der Waals surface area contributed by atoms with Gasteiger partial charge in [0, 0.05) is 36.6 Å². The summed E-state index contributed by atoms with van der Waals surface area (Å²) >= 11 is 1.37. The molecule has 5 heterocycles. The molecule has 7 nitrogen and oxygen atoms in total. The second-order valence-electron chi connectivity index (χ2n) is 8.12. The maximum atomic E-state index is 13.4. The van der Waals surface area contributed by atoms with Crippen LogP contribution >= 0.6 is 11.3 Å². The van der Waals surface area contributed by atoms with Gasteiger partial charge in [0.2, 0.25) is 5.95 Å². The Morgan fingerprint density at radius 1 is 1.33 bits per heavy atom. The van der Waals surface area contributed by atoms with E-state index >= 15 is 0 Å². The van der Waals surface area contributed by atoms with Gasteiger partial charge in [-0.15, -0.1) is 11.3 Å². The third-order valence-corrected chi connectivity index (χ3v) is 6.55.